The summed E-state index contributed by atoms with van der Waals surface area (Å²) in [6.45, 7) is 3.81. The molecule has 3 heteroatoms. The van der Waals surface area contributed by atoms with Gasteiger partial charge in [0.15, 0.2) is 0 Å². The van der Waals surface area contributed by atoms with Crippen LogP contribution in [-0.2, 0) is 0 Å². The minimum absolute atomic E-state index is 0.592. The van der Waals surface area contributed by atoms with Crippen molar-refractivity contribution in [2.45, 2.75) is 13.8 Å². The fraction of sp³-hybridized carbons (Fsp3) is 0.125. The van der Waals surface area contributed by atoms with Gasteiger partial charge < -0.3 is 5.21 Å². The maximum atomic E-state index is 8.69. The van der Waals surface area contributed by atoms with E-state index in [0.29, 0.717) is 5.71 Å². The highest BCUT2D eigenvalue weighted by atomic mass is 16.4. The Balaban J connectivity index is 2.13. The summed E-state index contributed by atoms with van der Waals surface area (Å²) in [5.74, 6) is 0. The predicted octanol–water partition coefficient (Wildman–Crippen LogP) is 3.94. The number of aryl methyl sites for hydroxylation is 1. The Labute approximate surface area is 112 Å². The summed E-state index contributed by atoms with van der Waals surface area (Å²) in [6.07, 6.45) is 1.83. The largest absolute Gasteiger partial charge is 0.411 e. The molecule has 0 aliphatic rings. The second-order valence-electron chi connectivity index (χ2n) is 4.40. The van der Waals surface area contributed by atoms with Gasteiger partial charge in [-0.25, -0.2) is 0 Å². The Hall–Kier alpha value is -2.42. The molecule has 0 spiro atoms. The fourth-order valence-corrected chi connectivity index (χ4v) is 1.65. The van der Waals surface area contributed by atoms with Crippen molar-refractivity contribution in [1.29, 1.82) is 0 Å². The normalized spacial score (nSPS) is 12.0. The first kappa shape index (κ1) is 13.0. The van der Waals surface area contributed by atoms with Crippen LogP contribution < -0.4 is 0 Å². The average Bonchev–Trinajstić information content (AvgIpc) is 2.46. The Morgan fingerprint density at radius 1 is 1.00 bits per heavy atom. The van der Waals surface area contributed by atoms with Crippen molar-refractivity contribution in [3.8, 4) is 0 Å². The van der Waals surface area contributed by atoms with Crippen molar-refractivity contribution in [3.63, 3.8) is 0 Å². The number of hydrogen-bond acceptors (Lipinski definition) is 3. The highest BCUT2D eigenvalue weighted by molar-refractivity contribution is 5.98. The van der Waals surface area contributed by atoms with Crippen LogP contribution in [0.1, 0.15) is 23.6 Å². The molecule has 2 aromatic carbocycles. The number of oxime groups is 1. The molecule has 0 fully saturated rings. The van der Waals surface area contributed by atoms with Crippen LogP contribution in [0.4, 0.5) is 5.69 Å². The Morgan fingerprint density at radius 2 is 1.63 bits per heavy atom. The van der Waals surface area contributed by atoms with E-state index >= 15 is 0 Å². The molecule has 0 saturated heterocycles. The highest BCUT2D eigenvalue weighted by Gasteiger charge is 1.97. The number of aliphatic imine (C=N–C) groups is 1. The molecule has 0 saturated carbocycles. The van der Waals surface area contributed by atoms with Gasteiger partial charge in [0.25, 0.3) is 0 Å². The van der Waals surface area contributed by atoms with E-state index in [9.17, 15) is 0 Å². The fourth-order valence-electron chi connectivity index (χ4n) is 1.65. The van der Waals surface area contributed by atoms with E-state index in [-0.39, 0.29) is 0 Å². The van der Waals surface area contributed by atoms with Crippen LogP contribution in [0.3, 0.4) is 0 Å². The first-order valence-electron chi connectivity index (χ1n) is 6.09. The number of hydrogen-bond donors (Lipinski definition) is 1. The number of nitrogens with zero attached hydrogens (tertiary/aromatic N) is 2. The summed E-state index contributed by atoms with van der Waals surface area (Å²) in [6, 6.07) is 15.8. The van der Waals surface area contributed by atoms with Crippen molar-refractivity contribution in [3.05, 3.63) is 65.2 Å². The predicted molar refractivity (Wildman–Crippen MR) is 78.9 cm³/mol. The highest BCUT2D eigenvalue weighted by Crippen LogP contribution is 2.14. The van der Waals surface area contributed by atoms with Crippen molar-refractivity contribution in [2.24, 2.45) is 10.1 Å². The van der Waals surface area contributed by atoms with Gasteiger partial charge in [0.1, 0.15) is 0 Å². The molecule has 0 aromatic heterocycles. The number of benzene rings is 2. The summed E-state index contributed by atoms with van der Waals surface area (Å²) in [5.41, 5.74) is 4.66. The van der Waals surface area contributed by atoms with Crippen molar-refractivity contribution < 1.29 is 5.21 Å². The lowest BCUT2D eigenvalue weighted by molar-refractivity contribution is 0.319. The van der Waals surface area contributed by atoms with Gasteiger partial charge in [-0.05, 0) is 37.1 Å². The molecule has 1 N–H and O–H groups in total. The maximum Gasteiger partial charge on any atom is 0.0836 e. The van der Waals surface area contributed by atoms with E-state index in [0.717, 1.165) is 16.8 Å². The summed E-state index contributed by atoms with van der Waals surface area (Å²) in [5, 5.41) is 11.9. The Bertz CT molecular complexity index is 596. The molecule has 3 nitrogen and oxygen atoms in total. The van der Waals surface area contributed by atoms with Gasteiger partial charge in [0, 0.05) is 6.21 Å². The molecule has 0 amide bonds. The summed E-state index contributed by atoms with van der Waals surface area (Å²) in [7, 11) is 0. The van der Waals surface area contributed by atoms with E-state index < -0.39 is 0 Å². The zero-order valence-corrected chi connectivity index (χ0v) is 11.0. The molecule has 19 heavy (non-hydrogen) atoms. The molecular formula is C16H16N2O. The minimum Gasteiger partial charge on any atom is -0.411 e. The third-order valence-electron chi connectivity index (χ3n) is 2.88. The molecule has 0 radical (unpaired) electrons. The molecule has 0 bridgehead atoms. The van der Waals surface area contributed by atoms with Crippen LogP contribution in [-0.4, -0.2) is 17.1 Å². The second-order valence-corrected chi connectivity index (χ2v) is 4.40. The molecule has 0 heterocycles. The third kappa shape index (κ3) is 3.52. The second kappa shape index (κ2) is 5.96. The minimum atomic E-state index is 0.592. The standard InChI is InChI=1S/C16H16N2O/c1-12-3-5-14(6-4-12)11-17-16-9-7-15(8-10-16)13(2)18-19/h3-11,19H,1-2H3/b17-11?,18-13+. The van der Waals surface area contributed by atoms with Crippen LogP contribution in [0.15, 0.2) is 58.7 Å². The molecule has 0 aliphatic carbocycles. The van der Waals surface area contributed by atoms with Crippen LogP contribution in [0, 0.1) is 6.92 Å². The Kier molecular flexibility index (Phi) is 4.08. The van der Waals surface area contributed by atoms with E-state index in [1.54, 1.807) is 6.92 Å². The average molecular weight is 252 g/mol. The van der Waals surface area contributed by atoms with Gasteiger partial charge in [0.05, 0.1) is 11.4 Å². The van der Waals surface area contributed by atoms with Gasteiger partial charge in [-0.1, -0.05) is 47.1 Å². The molecule has 2 rings (SSSR count). The molecule has 0 unspecified atom stereocenters. The molecule has 2 aromatic rings. The van der Waals surface area contributed by atoms with Crippen LogP contribution in [0.5, 0.6) is 0 Å². The van der Waals surface area contributed by atoms with Gasteiger partial charge in [-0.3, -0.25) is 4.99 Å². The first-order chi connectivity index (χ1) is 9.19. The zero-order valence-electron chi connectivity index (χ0n) is 11.0. The van der Waals surface area contributed by atoms with Crippen LogP contribution in [0.2, 0.25) is 0 Å². The van der Waals surface area contributed by atoms with Crippen LogP contribution >= 0.6 is 0 Å². The van der Waals surface area contributed by atoms with Gasteiger partial charge in [-0.2, -0.15) is 0 Å². The summed E-state index contributed by atoms with van der Waals surface area (Å²) < 4.78 is 0. The lowest BCUT2D eigenvalue weighted by Gasteiger charge is -1.99. The van der Waals surface area contributed by atoms with Gasteiger partial charge in [0.2, 0.25) is 0 Å². The van der Waals surface area contributed by atoms with E-state index in [1.165, 1.54) is 5.56 Å². The number of rotatable bonds is 3. The van der Waals surface area contributed by atoms with Gasteiger partial charge >= 0.3 is 0 Å². The van der Waals surface area contributed by atoms with Crippen LogP contribution in [0.25, 0.3) is 0 Å². The molecular weight excluding hydrogens is 236 g/mol. The zero-order chi connectivity index (χ0) is 13.7. The van der Waals surface area contributed by atoms with Crippen molar-refractivity contribution in [2.75, 3.05) is 0 Å². The molecule has 0 aliphatic heterocycles. The molecule has 96 valence electrons. The smallest absolute Gasteiger partial charge is 0.0836 e. The molecule has 0 atom stereocenters. The lowest BCUT2D eigenvalue weighted by atomic mass is 10.1. The van der Waals surface area contributed by atoms with E-state index in [1.807, 2.05) is 42.6 Å². The van der Waals surface area contributed by atoms with Crippen molar-refractivity contribution in [1.82, 2.24) is 0 Å². The van der Waals surface area contributed by atoms with Crippen molar-refractivity contribution >= 4 is 17.6 Å². The Morgan fingerprint density at radius 3 is 2.21 bits per heavy atom. The van der Waals surface area contributed by atoms with E-state index in [4.69, 9.17) is 5.21 Å². The SMILES string of the molecule is C/C(=N\O)c1ccc(N=Cc2ccc(C)cc2)cc1. The summed E-state index contributed by atoms with van der Waals surface area (Å²) in [4.78, 5) is 4.41. The lowest BCUT2D eigenvalue weighted by Crippen LogP contribution is -1.92. The topological polar surface area (TPSA) is 45.0 Å². The first-order valence-corrected chi connectivity index (χ1v) is 6.09. The van der Waals surface area contributed by atoms with Gasteiger partial charge in [-0.15, -0.1) is 0 Å². The maximum absolute atomic E-state index is 8.69. The van der Waals surface area contributed by atoms with E-state index in [2.05, 4.69) is 29.2 Å². The monoisotopic (exact) mass is 252 g/mol. The summed E-state index contributed by atoms with van der Waals surface area (Å²) >= 11 is 0. The third-order valence-corrected chi connectivity index (χ3v) is 2.88. The quantitative estimate of drug-likeness (QED) is 0.502.